The highest BCUT2D eigenvalue weighted by Gasteiger charge is 2.16. The third-order valence-corrected chi connectivity index (χ3v) is 3.80. The maximum absolute atomic E-state index is 12.4. The highest BCUT2D eigenvalue weighted by atomic mass is 35.5. The van der Waals surface area contributed by atoms with Crippen LogP contribution in [0, 0.1) is 6.92 Å². The van der Waals surface area contributed by atoms with E-state index in [-0.39, 0.29) is 12.3 Å². The lowest BCUT2D eigenvalue weighted by atomic mass is 10.2. The predicted molar refractivity (Wildman–Crippen MR) is 94.8 cm³/mol. The summed E-state index contributed by atoms with van der Waals surface area (Å²) in [5.74, 6) is 1.32. The number of amides is 1. The van der Waals surface area contributed by atoms with Gasteiger partial charge < -0.3 is 14.5 Å². The fourth-order valence-electron chi connectivity index (χ4n) is 2.33. The lowest BCUT2D eigenvalue weighted by molar-refractivity contribution is -0.115. The van der Waals surface area contributed by atoms with Crippen molar-refractivity contribution >= 4 is 23.2 Å². The summed E-state index contributed by atoms with van der Waals surface area (Å²) in [6.45, 7) is 1.77. The molecule has 6 nitrogen and oxygen atoms in total. The first kappa shape index (κ1) is 17.0. The van der Waals surface area contributed by atoms with Crippen molar-refractivity contribution in [1.29, 1.82) is 0 Å². The molecular formula is C18H16ClN3O3. The minimum absolute atomic E-state index is 0.0747. The molecule has 0 atom stereocenters. The number of rotatable bonds is 5. The molecular weight excluding hydrogens is 342 g/mol. The Morgan fingerprint density at radius 2 is 2.20 bits per heavy atom. The Hall–Kier alpha value is -2.86. The number of nitrogens with one attached hydrogen (secondary N) is 1. The summed E-state index contributed by atoms with van der Waals surface area (Å²) in [6.07, 6.45) is 3.41. The van der Waals surface area contributed by atoms with Gasteiger partial charge in [-0.3, -0.25) is 9.78 Å². The van der Waals surface area contributed by atoms with Crippen molar-refractivity contribution < 1.29 is 13.9 Å². The maximum Gasteiger partial charge on any atom is 0.230 e. The van der Waals surface area contributed by atoms with Gasteiger partial charge in [0.1, 0.15) is 11.5 Å². The van der Waals surface area contributed by atoms with Crippen molar-refractivity contribution in [1.82, 2.24) is 9.97 Å². The molecule has 0 fully saturated rings. The number of methoxy groups -OCH3 is 1. The second-order valence-corrected chi connectivity index (χ2v) is 5.77. The summed E-state index contributed by atoms with van der Waals surface area (Å²) in [5.41, 5.74) is 1.83. The Balaban J connectivity index is 1.76. The molecule has 0 aliphatic carbocycles. The van der Waals surface area contributed by atoms with Gasteiger partial charge in [-0.05, 0) is 37.3 Å². The molecule has 1 N–H and O–H groups in total. The highest BCUT2D eigenvalue weighted by Crippen LogP contribution is 2.28. The Kier molecular flexibility index (Phi) is 5.00. The van der Waals surface area contributed by atoms with Crippen molar-refractivity contribution in [2.75, 3.05) is 12.4 Å². The second-order valence-electron chi connectivity index (χ2n) is 5.33. The van der Waals surface area contributed by atoms with Crippen LogP contribution in [0.2, 0.25) is 5.02 Å². The van der Waals surface area contributed by atoms with Crippen molar-refractivity contribution in [3.8, 4) is 17.2 Å². The molecule has 0 saturated carbocycles. The van der Waals surface area contributed by atoms with Gasteiger partial charge in [0.05, 0.1) is 30.5 Å². The van der Waals surface area contributed by atoms with E-state index >= 15 is 0 Å². The first-order valence-corrected chi connectivity index (χ1v) is 7.94. The first-order valence-electron chi connectivity index (χ1n) is 7.57. The summed E-state index contributed by atoms with van der Waals surface area (Å²) in [7, 11) is 1.53. The third-order valence-electron chi connectivity index (χ3n) is 3.56. The maximum atomic E-state index is 12.4. The number of ether oxygens (including phenoxy) is 1. The molecule has 2 aromatic heterocycles. The number of carbonyl (C=O) groups excluding carboxylic acids is 1. The lowest BCUT2D eigenvalue weighted by Gasteiger charge is -2.10. The van der Waals surface area contributed by atoms with E-state index in [1.807, 2.05) is 6.07 Å². The van der Waals surface area contributed by atoms with E-state index in [0.717, 1.165) is 5.56 Å². The molecule has 0 bridgehead atoms. The van der Waals surface area contributed by atoms with Crippen LogP contribution in [0.25, 0.3) is 11.5 Å². The van der Waals surface area contributed by atoms with Crippen LogP contribution in [-0.2, 0) is 11.2 Å². The molecule has 0 unspecified atom stereocenters. The molecule has 1 aromatic carbocycles. The molecule has 0 aliphatic heterocycles. The van der Waals surface area contributed by atoms with Gasteiger partial charge in [-0.15, -0.1) is 0 Å². The van der Waals surface area contributed by atoms with E-state index in [2.05, 4.69) is 15.3 Å². The number of pyridine rings is 1. The quantitative estimate of drug-likeness (QED) is 0.749. The van der Waals surface area contributed by atoms with Gasteiger partial charge in [0.2, 0.25) is 11.8 Å². The number of anilines is 1. The van der Waals surface area contributed by atoms with E-state index in [4.69, 9.17) is 20.8 Å². The number of aryl methyl sites for hydroxylation is 1. The van der Waals surface area contributed by atoms with Gasteiger partial charge in [0, 0.05) is 17.4 Å². The van der Waals surface area contributed by atoms with Crippen molar-refractivity contribution in [3.05, 3.63) is 59.2 Å². The minimum Gasteiger partial charge on any atom is -0.495 e. The van der Waals surface area contributed by atoms with Crippen molar-refractivity contribution in [2.24, 2.45) is 0 Å². The van der Waals surface area contributed by atoms with Crippen LogP contribution < -0.4 is 10.1 Å². The zero-order chi connectivity index (χ0) is 17.8. The van der Waals surface area contributed by atoms with Crippen LogP contribution in [-0.4, -0.2) is 23.0 Å². The first-order chi connectivity index (χ1) is 12.1. The molecule has 0 saturated heterocycles. The van der Waals surface area contributed by atoms with Crippen LogP contribution in [0.15, 0.2) is 47.1 Å². The molecule has 0 radical (unpaired) electrons. The van der Waals surface area contributed by atoms with Gasteiger partial charge in [-0.1, -0.05) is 11.6 Å². The summed E-state index contributed by atoms with van der Waals surface area (Å²) < 4.78 is 10.9. The normalized spacial score (nSPS) is 10.5. The molecule has 0 aliphatic rings. The summed E-state index contributed by atoms with van der Waals surface area (Å²) in [4.78, 5) is 20.8. The second kappa shape index (κ2) is 7.36. The van der Waals surface area contributed by atoms with E-state index in [1.165, 1.54) is 7.11 Å². The lowest BCUT2D eigenvalue weighted by Crippen LogP contribution is -2.15. The van der Waals surface area contributed by atoms with Gasteiger partial charge in [-0.25, -0.2) is 4.98 Å². The van der Waals surface area contributed by atoms with E-state index in [0.29, 0.717) is 33.8 Å². The van der Waals surface area contributed by atoms with Gasteiger partial charge in [0.15, 0.2) is 0 Å². The molecule has 3 rings (SSSR count). The van der Waals surface area contributed by atoms with Crippen LogP contribution >= 0.6 is 11.6 Å². The minimum atomic E-state index is -0.241. The Morgan fingerprint density at radius 1 is 1.36 bits per heavy atom. The fraction of sp³-hybridized carbons (Fsp3) is 0.167. The summed E-state index contributed by atoms with van der Waals surface area (Å²) >= 11 is 5.97. The van der Waals surface area contributed by atoms with Crippen LogP contribution in [0.4, 0.5) is 5.69 Å². The van der Waals surface area contributed by atoms with Gasteiger partial charge in [0.25, 0.3) is 0 Å². The average molecular weight is 358 g/mol. The SMILES string of the molecule is COc1ccc(Cl)cc1NC(=O)Cc1nc(-c2cccnc2)oc1C. The Morgan fingerprint density at radius 3 is 2.92 bits per heavy atom. The molecule has 1 amide bonds. The third kappa shape index (κ3) is 3.97. The van der Waals surface area contributed by atoms with Crippen LogP contribution in [0.3, 0.4) is 0 Å². The van der Waals surface area contributed by atoms with E-state index in [9.17, 15) is 4.79 Å². The highest BCUT2D eigenvalue weighted by molar-refractivity contribution is 6.31. The number of nitrogens with zero attached hydrogens (tertiary/aromatic N) is 2. The molecule has 7 heteroatoms. The standard InChI is InChI=1S/C18H16ClN3O3/c1-11-14(22-18(25-11)12-4-3-7-20-10-12)9-17(23)21-15-8-13(19)5-6-16(15)24-2/h3-8,10H,9H2,1-2H3,(H,21,23). The average Bonchev–Trinajstić information content (AvgIpc) is 2.96. The number of carbonyl (C=O) groups is 1. The molecule has 3 aromatic rings. The fourth-order valence-corrected chi connectivity index (χ4v) is 2.50. The van der Waals surface area contributed by atoms with Crippen molar-refractivity contribution in [3.63, 3.8) is 0 Å². The Labute approximate surface area is 149 Å². The number of hydrogen-bond donors (Lipinski definition) is 1. The summed E-state index contributed by atoms with van der Waals surface area (Å²) in [5, 5.41) is 3.29. The largest absolute Gasteiger partial charge is 0.495 e. The van der Waals surface area contributed by atoms with Crippen molar-refractivity contribution in [2.45, 2.75) is 13.3 Å². The topological polar surface area (TPSA) is 77.2 Å². The van der Waals surface area contributed by atoms with Crippen LogP contribution in [0.1, 0.15) is 11.5 Å². The van der Waals surface area contributed by atoms with Gasteiger partial charge in [-0.2, -0.15) is 0 Å². The van der Waals surface area contributed by atoms with E-state index in [1.54, 1.807) is 43.6 Å². The molecule has 2 heterocycles. The number of oxazole rings is 1. The zero-order valence-electron chi connectivity index (χ0n) is 13.7. The molecule has 25 heavy (non-hydrogen) atoms. The predicted octanol–water partition coefficient (Wildman–Crippen LogP) is 3.89. The number of benzene rings is 1. The monoisotopic (exact) mass is 357 g/mol. The summed E-state index contributed by atoms with van der Waals surface area (Å²) in [6, 6.07) is 8.67. The number of aromatic nitrogens is 2. The van der Waals surface area contributed by atoms with Crippen LogP contribution in [0.5, 0.6) is 5.75 Å². The molecule has 128 valence electrons. The van der Waals surface area contributed by atoms with E-state index < -0.39 is 0 Å². The molecule has 0 spiro atoms. The number of halogens is 1. The van der Waals surface area contributed by atoms with Gasteiger partial charge >= 0.3 is 0 Å². The zero-order valence-corrected chi connectivity index (χ0v) is 14.5. The number of hydrogen-bond acceptors (Lipinski definition) is 5. The Bertz CT molecular complexity index is 894. The smallest absolute Gasteiger partial charge is 0.230 e.